The average molecular weight is 295 g/mol. The molecule has 0 saturated heterocycles. The summed E-state index contributed by atoms with van der Waals surface area (Å²) >= 11 is 3.52. The zero-order chi connectivity index (χ0) is 12.6. The largest absolute Gasteiger partial charge is 0.326 e. The molecule has 2 aromatic heterocycles. The highest BCUT2D eigenvalue weighted by atomic mass is 79.9. The third kappa shape index (κ3) is 2.12. The van der Waals surface area contributed by atoms with Gasteiger partial charge in [0.15, 0.2) is 5.82 Å². The summed E-state index contributed by atoms with van der Waals surface area (Å²) in [5.74, 6) is 0.855. The second-order valence-electron chi connectivity index (χ2n) is 4.08. The molecule has 0 aromatic carbocycles. The normalized spacial score (nSPS) is 10.9. The molecule has 0 spiro atoms. The Hall–Kier alpha value is -1.20. The Labute approximate surface area is 109 Å². The fraction of sp³-hybridized carbons (Fsp3) is 0.333. The molecule has 5 heteroatoms. The lowest BCUT2D eigenvalue weighted by molar-refractivity contribution is 0.795. The maximum atomic E-state index is 5.60. The Morgan fingerprint density at radius 2 is 2.06 bits per heavy atom. The molecular weight excluding hydrogens is 280 g/mol. The van der Waals surface area contributed by atoms with E-state index in [1.165, 1.54) is 0 Å². The minimum absolute atomic E-state index is 0.509. The molecule has 4 nitrogen and oxygen atoms in total. The van der Waals surface area contributed by atoms with Crippen molar-refractivity contribution in [3.63, 3.8) is 0 Å². The second-order valence-corrected chi connectivity index (χ2v) is 4.88. The van der Waals surface area contributed by atoms with Crippen molar-refractivity contribution in [2.75, 3.05) is 0 Å². The molecule has 0 amide bonds. The molecule has 0 atom stereocenters. The monoisotopic (exact) mass is 294 g/mol. The number of hydrogen-bond acceptors (Lipinski definition) is 3. The number of pyridine rings is 1. The van der Waals surface area contributed by atoms with E-state index in [9.17, 15) is 0 Å². The molecule has 2 heterocycles. The zero-order valence-corrected chi connectivity index (χ0v) is 11.7. The van der Waals surface area contributed by atoms with Gasteiger partial charge in [0.2, 0.25) is 0 Å². The van der Waals surface area contributed by atoms with Crippen molar-refractivity contribution >= 4 is 15.9 Å². The van der Waals surface area contributed by atoms with Crippen molar-refractivity contribution in [1.29, 1.82) is 0 Å². The van der Waals surface area contributed by atoms with Crippen molar-refractivity contribution in [2.45, 2.75) is 27.3 Å². The summed E-state index contributed by atoms with van der Waals surface area (Å²) in [7, 11) is 0. The minimum atomic E-state index is 0.509. The van der Waals surface area contributed by atoms with Crippen LogP contribution in [0, 0.1) is 20.8 Å². The highest BCUT2D eigenvalue weighted by Gasteiger charge is 2.13. The lowest BCUT2D eigenvalue weighted by atomic mass is 10.2. The Morgan fingerprint density at radius 3 is 2.53 bits per heavy atom. The summed E-state index contributed by atoms with van der Waals surface area (Å²) < 4.78 is 2.89. The molecule has 0 fully saturated rings. The van der Waals surface area contributed by atoms with Crippen molar-refractivity contribution < 1.29 is 0 Å². The molecule has 0 aliphatic heterocycles. The number of aromatic nitrogens is 3. The molecule has 0 aliphatic carbocycles. The smallest absolute Gasteiger partial charge is 0.156 e. The van der Waals surface area contributed by atoms with Gasteiger partial charge in [-0.3, -0.25) is 0 Å². The first-order valence-corrected chi connectivity index (χ1v) is 6.21. The first-order valence-electron chi connectivity index (χ1n) is 5.42. The van der Waals surface area contributed by atoms with Crippen LogP contribution < -0.4 is 5.73 Å². The van der Waals surface area contributed by atoms with Gasteiger partial charge in [0, 0.05) is 12.7 Å². The van der Waals surface area contributed by atoms with Crippen LogP contribution in [0.15, 0.2) is 16.7 Å². The van der Waals surface area contributed by atoms with E-state index >= 15 is 0 Å². The van der Waals surface area contributed by atoms with Crippen LogP contribution in [0.1, 0.15) is 22.5 Å². The van der Waals surface area contributed by atoms with Crippen molar-refractivity contribution in [2.24, 2.45) is 5.73 Å². The van der Waals surface area contributed by atoms with Gasteiger partial charge in [-0.1, -0.05) is 0 Å². The number of hydrogen-bond donors (Lipinski definition) is 1. The van der Waals surface area contributed by atoms with E-state index in [-0.39, 0.29) is 0 Å². The number of rotatable bonds is 2. The summed E-state index contributed by atoms with van der Waals surface area (Å²) in [5, 5.41) is 4.47. The third-order valence-electron chi connectivity index (χ3n) is 2.75. The van der Waals surface area contributed by atoms with Crippen LogP contribution in [0.3, 0.4) is 0 Å². The van der Waals surface area contributed by atoms with Gasteiger partial charge in [-0.05, 0) is 53.9 Å². The topological polar surface area (TPSA) is 56.7 Å². The summed E-state index contributed by atoms with van der Waals surface area (Å²) in [6, 6.07) is 2.05. The Kier molecular flexibility index (Phi) is 3.31. The van der Waals surface area contributed by atoms with Gasteiger partial charge in [-0.15, -0.1) is 0 Å². The van der Waals surface area contributed by atoms with E-state index < -0.39 is 0 Å². The molecule has 90 valence electrons. The molecule has 0 bridgehead atoms. The average Bonchev–Trinajstić information content (AvgIpc) is 2.57. The van der Waals surface area contributed by atoms with Crippen molar-refractivity contribution in [3.8, 4) is 5.82 Å². The van der Waals surface area contributed by atoms with Crippen LogP contribution in [0.25, 0.3) is 5.82 Å². The predicted molar refractivity (Wildman–Crippen MR) is 71.2 cm³/mol. The molecule has 0 saturated carbocycles. The second kappa shape index (κ2) is 4.58. The van der Waals surface area contributed by atoms with Crippen LogP contribution in [0.5, 0.6) is 0 Å². The summed E-state index contributed by atoms with van der Waals surface area (Å²) in [5.41, 5.74) is 9.72. The summed E-state index contributed by atoms with van der Waals surface area (Å²) in [4.78, 5) is 4.43. The summed E-state index contributed by atoms with van der Waals surface area (Å²) in [6.45, 7) is 6.51. The molecule has 0 aliphatic rings. The van der Waals surface area contributed by atoms with E-state index in [0.717, 1.165) is 32.8 Å². The fourth-order valence-electron chi connectivity index (χ4n) is 1.79. The Balaban J connectivity index is 2.57. The maximum absolute atomic E-state index is 5.60. The van der Waals surface area contributed by atoms with Gasteiger partial charge in [0.25, 0.3) is 0 Å². The van der Waals surface area contributed by atoms with Gasteiger partial charge in [0.05, 0.1) is 15.9 Å². The Morgan fingerprint density at radius 1 is 1.35 bits per heavy atom. The van der Waals surface area contributed by atoms with Crippen LogP contribution in [-0.2, 0) is 6.54 Å². The van der Waals surface area contributed by atoms with E-state index in [4.69, 9.17) is 5.73 Å². The molecular formula is C12H15BrN4. The highest BCUT2D eigenvalue weighted by molar-refractivity contribution is 9.10. The molecule has 17 heavy (non-hydrogen) atoms. The number of aryl methyl sites for hydroxylation is 2. The van der Waals surface area contributed by atoms with Crippen molar-refractivity contribution in [3.05, 3.63) is 39.3 Å². The number of nitrogens with zero attached hydrogens (tertiary/aromatic N) is 3. The molecule has 2 N–H and O–H groups in total. The van der Waals surface area contributed by atoms with Crippen LogP contribution in [0.2, 0.25) is 0 Å². The van der Waals surface area contributed by atoms with Gasteiger partial charge in [-0.2, -0.15) is 5.10 Å². The first kappa shape index (κ1) is 12.3. The molecule has 0 radical (unpaired) electrons. The Bertz CT molecular complexity index is 560. The van der Waals surface area contributed by atoms with Gasteiger partial charge < -0.3 is 5.73 Å². The van der Waals surface area contributed by atoms with E-state index in [2.05, 4.69) is 26.0 Å². The third-order valence-corrected chi connectivity index (χ3v) is 3.89. The lowest BCUT2D eigenvalue weighted by Gasteiger charge is -2.08. The standard InChI is InChI=1S/C12H15BrN4/c1-7-4-10(5-14)6-15-12(7)17-9(3)11(13)8(2)16-17/h4,6H,5,14H2,1-3H3. The predicted octanol–water partition coefficient (Wildman–Crippen LogP) is 2.41. The SMILES string of the molecule is Cc1cc(CN)cnc1-n1nc(C)c(Br)c1C. The van der Waals surface area contributed by atoms with Gasteiger partial charge in [0.1, 0.15) is 0 Å². The van der Waals surface area contributed by atoms with Gasteiger partial charge >= 0.3 is 0 Å². The molecule has 0 unspecified atom stereocenters. The lowest BCUT2D eigenvalue weighted by Crippen LogP contribution is -2.06. The number of halogens is 1. The zero-order valence-electron chi connectivity index (χ0n) is 10.2. The molecule has 2 aromatic rings. The quantitative estimate of drug-likeness (QED) is 0.925. The minimum Gasteiger partial charge on any atom is -0.326 e. The molecule has 2 rings (SSSR count). The van der Waals surface area contributed by atoms with Crippen molar-refractivity contribution in [1.82, 2.24) is 14.8 Å². The van der Waals surface area contributed by atoms with E-state index in [0.29, 0.717) is 6.54 Å². The number of nitrogens with two attached hydrogens (primary N) is 1. The van der Waals surface area contributed by atoms with E-state index in [1.54, 1.807) is 6.20 Å². The summed E-state index contributed by atoms with van der Waals surface area (Å²) in [6.07, 6.45) is 1.80. The first-order chi connectivity index (χ1) is 8.04. The van der Waals surface area contributed by atoms with Crippen LogP contribution >= 0.6 is 15.9 Å². The maximum Gasteiger partial charge on any atom is 0.156 e. The fourth-order valence-corrected chi connectivity index (χ4v) is 2.04. The van der Waals surface area contributed by atoms with Crippen LogP contribution in [0.4, 0.5) is 0 Å². The highest BCUT2D eigenvalue weighted by Crippen LogP contribution is 2.23. The van der Waals surface area contributed by atoms with Gasteiger partial charge in [-0.25, -0.2) is 9.67 Å². The van der Waals surface area contributed by atoms with E-state index in [1.807, 2.05) is 31.5 Å². The van der Waals surface area contributed by atoms with Crippen LogP contribution in [-0.4, -0.2) is 14.8 Å².